The highest BCUT2D eigenvalue weighted by Crippen LogP contribution is 2.18. The largest absolute Gasteiger partial charge is 0.392 e. The Bertz CT molecular complexity index is 225. The maximum absolute atomic E-state index is 8.82. The van der Waals surface area contributed by atoms with Crippen LogP contribution in [0.4, 0.5) is 0 Å². The van der Waals surface area contributed by atoms with E-state index < -0.39 is 0 Å². The van der Waals surface area contributed by atoms with Crippen LogP contribution in [0.25, 0.3) is 0 Å². The van der Waals surface area contributed by atoms with Crippen molar-refractivity contribution in [3.05, 3.63) is 35.4 Å². The zero-order valence-electron chi connectivity index (χ0n) is 7.75. The summed E-state index contributed by atoms with van der Waals surface area (Å²) in [6.45, 7) is 4.54. The summed E-state index contributed by atoms with van der Waals surface area (Å²) in [5, 5.41) is 8.82. The van der Waals surface area contributed by atoms with Gasteiger partial charge in [-0.05, 0) is 23.5 Å². The highest BCUT2D eigenvalue weighted by Gasteiger charge is 2.01. The minimum atomic E-state index is 0.140. The Balaban J connectivity index is 2.77. The fraction of sp³-hybridized carbons (Fsp3) is 0.455. The van der Waals surface area contributed by atoms with E-state index in [1.165, 1.54) is 12.0 Å². The van der Waals surface area contributed by atoms with Gasteiger partial charge in [-0.3, -0.25) is 0 Å². The van der Waals surface area contributed by atoms with Crippen LogP contribution in [0.5, 0.6) is 0 Å². The molecule has 1 aromatic carbocycles. The molecule has 0 aliphatic heterocycles. The van der Waals surface area contributed by atoms with Crippen molar-refractivity contribution in [2.24, 2.45) is 0 Å². The smallest absolute Gasteiger partial charge is 0.0681 e. The minimum absolute atomic E-state index is 0.140. The summed E-state index contributed by atoms with van der Waals surface area (Å²) in [5.41, 5.74) is 2.34. The molecule has 1 N–H and O–H groups in total. The van der Waals surface area contributed by atoms with E-state index in [0.717, 1.165) is 5.56 Å². The molecule has 0 amide bonds. The summed E-state index contributed by atoms with van der Waals surface area (Å²) >= 11 is 0. The first-order chi connectivity index (χ1) is 5.77. The van der Waals surface area contributed by atoms with Crippen molar-refractivity contribution in [2.45, 2.75) is 32.8 Å². The van der Waals surface area contributed by atoms with Crippen LogP contribution in [0.15, 0.2) is 24.3 Å². The van der Waals surface area contributed by atoms with Gasteiger partial charge in [-0.25, -0.2) is 0 Å². The van der Waals surface area contributed by atoms with Crippen LogP contribution >= 0.6 is 0 Å². The molecule has 1 rings (SSSR count). The predicted molar refractivity (Wildman–Crippen MR) is 51.1 cm³/mol. The standard InChI is InChI=1S/C11H16O/c1-3-9(2)11-6-4-10(8-12)5-7-11/h4-7,9,12H,3,8H2,1-2H3/t9-/m1/s1. The quantitative estimate of drug-likeness (QED) is 0.728. The Morgan fingerprint density at radius 2 is 1.83 bits per heavy atom. The summed E-state index contributed by atoms with van der Waals surface area (Å²) in [6, 6.07) is 8.17. The second kappa shape index (κ2) is 4.27. The normalized spacial score (nSPS) is 12.9. The van der Waals surface area contributed by atoms with E-state index in [1.54, 1.807) is 0 Å². The van der Waals surface area contributed by atoms with Crippen molar-refractivity contribution < 1.29 is 5.11 Å². The van der Waals surface area contributed by atoms with Crippen molar-refractivity contribution in [3.63, 3.8) is 0 Å². The van der Waals surface area contributed by atoms with Crippen LogP contribution in [0.3, 0.4) is 0 Å². The van der Waals surface area contributed by atoms with E-state index in [-0.39, 0.29) is 6.61 Å². The molecular weight excluding hydrogens is 148 g/mol. The molecule has 1 aromatic rings. The zero-order chi connectivity index (χ0) is 8.97. The number of hydrogen-bond acceptors (Lipinski definition) is 1. The Labute approximate surface area is 74.1 Å². The van der Waals surface area contributed by atoms with Crippen LogP contribution < -0.4 is 0 Å². The lowest BCUT2D eigenvalue weighted by atomic mass is 9.98. The first kappa shape index (κ1) is 9.27. The van der Waals surface area contributed by atoms with Crippen molar-refractivity contribution in [1.29, 1.82) is 0 Å². The highest BCUT2D eigenvalue weighted by atomic mass is 16.3. The molecule has 0 fully saturated rings. The molecule has 0 radical (unpaired) electrons. The Hall–Kier alpha value is -0.820. The molecule has 12 heavy (non-hydrogen) atoms. The molecule has 0 saturated carbocycles. The van der Waals surface area contributed by atoms with Gasteiger partial charge < -0.3 is 5.11 Å². The monoisotopic (exact) mass is 164 g/mol. The van der Waals surface area contributed by atoms with E-state index in [1.807, 2.05) is 12.1 Å². The Morgan fingerprint density at radius 1 is 1.25 bits per heavy atom. The van der Waals surface area contributed by atoms with E-state index in [0.29, 0.717) is 5.92 Å². The van der Waals surface area contributed by atoms with Gasteiger partial charge in [-0.15, -0.1) is 0 Å². The van der Waals surface area contributed by atoms with Gasteiger partial charge in [0.15, 0.2) is 0 Å². The molecule has 0 aromatic heterocycles. The second-order valence-electron chi connectivity index (χ2n) is 3.21. The lowest BCUT2D eigenvalue weighted by molar-refractivity contribution is 0.282. The molecule has 0 saturated heterocycles. The molecule has 66 valence electrons. The molecule has 0 unspecified atom stereocenters. The molecular formula is C11H16O. The van der Waals surface area contributed by atoms with Crippen LogP contribution in [0, 0.1) is 0 Å². The van der Waals surface area contributed by atoms with Gasteiger partial charge >= 0.3 is 0 Å². The third-order valence-electron chi connectivity index (χ3n) is 2.34. The van der Waals surface area contributed by atoms with Gasteiger partial charge in [0.2, 0.25) is 0 Å². The Morgan fingerprint density at radius 3 is 2.25 bits per heavy atom. The number of aliphatic hydroxyl groups excluding tert-OH is 1. The van der Waals surface area contributed by atoms with E-state index >= 15 is 0 Å². The van der Waals surface area contributed by atoms with Gasteiger partial charge in [0.05, 0.1) is 6.61 Å². The van der Waals surface area contributed by atoms with Crippen molar-refractivity contribution >= 4 is 0 Å². The topological polar surface area (TPSA) is 20.2 Å². The predicted octanol–water partition coefficient (Wildman–Crippen LogP) is 2.69. The first-order valence-electron chi connectivity index (χ1n) is 4.47. The summed E-state index contributed by atoms with van der Waals surface area (Å²) in [7, 11) is 0. The van der Waals surface area contributed by atoms with Gasteiger partial charge in [0, 0.05) is 0 Å². The second-order valence-corrected chi connectivity index (χ2v) is 3.21. The number of benzene rings is 1. The minimum Gasteiger partial charge on any atom is -0.392 e. The molecule has 0 heterocycles. The fourth-order valence-corrected chi connectivity index (χ4v) is 1.19. The summed E-state index contributed by atoms with van der Waals surface area (Å²) in [6.07, 6.45) is 1.17. The van der Waals surface area contributed by atoms with Crippen LogP contribution in [0.1, 0.15) is 37.3 Å². The summed E-state index contributed by atoms with van der Waals surface area (Å²) in [4.78, 5) is 0. The van der Waals surface area contributed by atoms with Gasteiger partial charge in [0.25, 0.3) is 0 Å². The van der Waals surface area contributed by atoms with Gasteiger partial charge in [-0.2, -0.15) is 0 Å². The molecule has 1 heteroatoms. The van der Waals surface area contributed by atoms with Crippen LogP contribution in [-0.2, 0) is 6.61 Å². The number of rotatable bonds is 3. The highest BCUT2D eigenvalue weighted by molar-refractivity contribution is 5.24. The van der Waals surface area contributed by atoms with E-state index in [4.69, 9.17) is 5.11 Å². The third kappa shape index (κ3) is 2.08. The summed E-state index contributed by atoms with van der Waals surface area (Å²) in [5.74, 6) is 0.623. The molecule has 1 atom stereocenters. The number of hydrogen-bond donors (Lipinski definition) is 1. The third-order valence-corrected chi connectivity index (χ3v) is 2.34. The molecule has 0 aliphatic carbocycles. The average molecular weight is 164 g/mol. The van der Waals surface area contributed by atoms with Gasteiger partial charge in [0.1, 0.15) is 0 Å². The lowest BCUT2D eigenvalue weighted by Gasteiger charge is -2.08. The molecule has 0 aliphatic rings. The maximum atomic E-state index is 8.82. The average Bonchev–Trinajstić information content (AvgIpc) is 2.17. The molecule has 0 spiro atoms. The van der Waals surface area contributed by atoms with Crippen molar-refractivity contribution in [3.8, 4) is 0 Å². The van der Waals surface area contributed by atoms with E-state index in [9.17, 15) is 0 Å². The zero-order valence-corrected chi connectivity index (χ0v) is 7.75. The van der Waals surface area contributed by atoms with Crippen molar-refractivity contribution in [1.82, 2.24) is 0 Å². The Kier molecular flexibility index (Phi) is 3.30. The maximum Gasteiger partial charge on any atom is 0.0681 e. The summed E-state index contributed by atoms with van der Waals surface area (Å²) < 4.78 is 0. The van der Waals surface area contributed by atoms with E-state index in [2.05, 4.69) is 26.0 Å². The first-order valence-corrected chi connectivity index (χ1v) is 4.47. The van der Waals surface area contributed by atoms with Gasteiger partial charge in [-0.1, -0.05) is 38.1 Å². The number of aliphatic hydroxyl groups is 1. The molecule has 1 nitrogen and oxygen atoms in total. The van der Waals surface area contributed by atoms with Crippen molar-refractivity contribution in [2.75, 3.05) is 0 Å². The van der Waals surface area contributed by atoms with Crippen LogP contribution in [-0.4, -0.2) is 5.11 Å². The molecule has 0 bridgehead atoms. The van der Waals surface area contributed by atoms with Crippen LogP contribution in [0.2, 0.25) is 0 Å². The fourth-order valence-electron chi connectivity index (χ4n) is 1.19. The SMILES string of the molecule is CC[C@@H](C)c1ccc(CO)cc1. The lowest BCUT2D eigenvalue weighted by Crippen LogP contribution is -1.91.